The maximum Gasteiger partial charge on any atom is 0.201 e. The molecular formula is C29H44F2N2O. The van der Waals surface area contributed by atoms with Crippen molar-refractivity contribution in [3.8, 4) is 17.1 Å². The molecule has 0 N–H and O–H groups in total. The largest absolute Gasteiger partial charge is 0.490 e. The van der Waals surface area contributed by atoms with Crippen LogP contribution < -0.4 is 4.74 Å². The van der Waals surface area contributed by atoms with Crippen LogP contribution in [0.5, 0.6) is 5.75 Å². The second-order valence-electron chi connectivity index (χ2n) is 9.35. The predicted octanol–water partition coefficient (Wildman–Crippen LogP) is 9.23. The van der Waals surface area contributed by atoms with E-state index in [1.165, 1.54) is 82.8 Å². The maximum atomic E-state index is 14.7. The molecule has 0 fully saturated rings. The first-order valence-corrected chi connectivity index (χ1v) is 13.6. The van der Waals surface area contributed by atoms with E-state index >= 15 is 0 Å². The lowest BCUT2D eigenvalue weighted by Gasteiger charge is -2.10. The SMILES string of the molecule is CCCCCCCCCCOc1ccc(-c2ncc(CCCCCCCCC)cn2)c(F)c1F. The Kier molecular flexibility index (Phi) is 14.4. The third kappa shape index (κ3) is 10.5. The van der Waals surface area contributed by atoms with Gasteiger partial charge in [0.2, 0.25) is 5.82 Å². The quantitative estimate of drug-likeness (QED) is 0.190. The molecule has 0 atom stereocenters. The molecule has 0 spiro atoms. The zero-order valence-corrected chi connectivity index (χ0v) is 21.4. The zero-order valence-electron chi connectivity index (χ0n) is 21.4. The first-order chi connectivity index (χ1) is 16.7. The standard InChI is InChI=1S/C29H44F2N2O/c1-3-5-7-9-11-13-15-17-21-34-26-20-19-25(27(30)28(26)31)29-32-22-24(23-33-29)18-16-14-12-10-8-6-4-2/h19-20,22-23H,3-18,21H2,1-2H3. The molecule has 0 aliphatic carbocycles. The van der Waals surface area contributed by atoms with Crippen molar-refractivity contribution < 1.29 is 13.5 Å². The topological polar surface area (TPSA) is 35.0 Å². The maximum absolute atomic E-state index is 14.7. The van der Waals surface area contributed by atoms with Crippen LogP contribution in [0.1, 0.15) is 116 Å². The number of aromatic nitrogens is 2. The van der Waals surface area contributed by atoms with Crippen molar-refractivity contribution in [2.75, 3.05) is 6.61 Å². The lowest BCUT2D eigenvalue weighted by molar-refractivity contribution is 0.285. The summed E-state index contributed by atoms with van der Waals surface area (Å²) in [5, 5.41) is 0. The van der Waals surface area contributed by atoms with Gasteiger partial charge in [-0.3, -0.25) is 0 Å². The fourth-order valence-electron chi connectivity index (χ4n) is 4.14. The van der Waals surface area contributed by atoms with Gasteiger partial charge >= 0.3 is 0 Å². The van der Waals surface area contributed by atoms with Crippen LogP contribution in [0.25, 0.3) is 11.4 Å². The first-order valence-electron chi connectivity index (χ1n) is 13.6. The summed E-state index contributed by atoms with van der Waals surface area (Å²) in [6.07, 6.45) is 22.6. The van der Waals surface area contributed by atoms with Gasteiger partial charge in [-0.25, -0.2) is 14.4 Å². The lowest BCUT2D eigenvalue weighted by atomic mass is 10.1. The van der Waals surface area contributed by atoms with Gasteiger partial charge in [-0.15, -0.1) is 0 Å². The van der Waals surface area contributed by atoms with Crippen molar-refractivity contribution in [2.24, 2.45) is 0 Å². The fourth-order valence-corrected chi connectivity index (χ4v) is 4.14. The van der Waals surface area contributed by atoms with Gasteiger partial charge in [-0.05, 0) is 37.0 Å². The Bertz CT molecular complexity index is 795. The van der Waals surface area contributed by atoms with E-state index in [0.29, 0.717) is 6.61 Å². The Labute approximate surface area is 205 Å². The Hall–Kier alpha value is -2.04. The smallest absolute Gasteiger partial charge is 0.201 e. The molecule has 0 amide bonds. The highest BCUT2D eigenvalue weighted by molar-refractivity contribution is 5.57. The van der Waals surface area contributed by atoms with E-state index in [4.69, 9.17) is 4.74 Å². The Morgan fingerprint density at radius 1 is 0.647 bits per heavy atom. The van der Waals surface area contributed by atoms with E-state index in [1.807, 2.05) is 0 Å². The molecule has 0 saturated carbocycles. The van der Waals surface area contributed by atoms with Crippen LogP contribution in [-0.2, 0) is 6.42 Å². The number of hydrogen-bond acceptors (Lipinski definition) is 3. The molecule has 0 unspecified atom stereocenters. The summed E-state index contributed by atoms with van der Waals surface area (Å²) in [6.45, 7) is 4.84. The van der Waals surface area contributed by atoms with Gasteiger partial charge in [0, 0.05) is 12.4 Å². The average molecular weight is 475 g/mol. The summed E-state index contributed by atoms with van der Waals surface area (Å²) in [4.78, 5) is 8.57. The normalized spacial score (nSPS) is 11.2. The van der Waals surface area contributed by atoms with Gasteiger partial charge in [0.1, 0.15) is 0 Å². The highest BCUT2D eigenvalue weighted by atomic mass is 19.2. The van der Waals surface area contributed by atoms with Crippen molar-refractivity contribution in [2.45, 2.75) is 117 Å². The molecule has 2 rings (SSSR count). The molecule has 190 valence electrons. The molecule has 34 heavy (non-hydrogen) atoms. The molecule has 1 aromatic heterocycles. The lowest BCUT2D eigenvalue weighted by Crippen LogP contribution is -2.03. The molecule has 5 heteroatoms. The molecule has 0 aliphatic rings. The van der Waals surface area contributed by atoms with Crippen molar-refractivity contribution in [3.63, 3.8) is 0 Å². The molecule has 0 aliphatic heterocycles. The minimum Gasteiger partial charge on any atom is -0.490 e. The molecule has 2 aromatic rings. The number of unbranched alkanes of at least 4 members (excludes halogenated alkanes) is 13. The van der Waals surface area contributed by atoms with E-state index in [2.05, 4.69) is 23.8 Å². The number of benzene rings is 1. The molecule has 1 heterocycles. The highest BCUT2D eigenvalue weighted by Gasteiger charge is 2.17. The molecule has 3 nitrogen and oxygen atoms in total. The second-order valence-corrected chi connectivity index (χ2v) is 9.35. The van der Waals surface area contributed by atoms with E-state index in [0.717, 1.165) is 37.7 Å². The van der Waals surface area contributed by atoms with Crippen LogP contribution in [-0.4, -0.2) is 16.6 Å². The van der Waals surface area contributed by atoms with Gasteiger partial charge in [-0.2, -0.15) is 4.39 Å². The van der Waals surface area contributed by atoms with E-state index in [1.54, 1.807) is 12.4 Å². The van der Waals surface area contributed by atoms with Gasteiger partial charge in [-0.1, -0.05) is 97.3 Å². The Morgan fingerprint density at radius 3 is 1.76 bits per heavy atom. The number of hydrogen-bond donors (Lipinski definition) is 0. The monoisotopic (exact) mass is 474 g/mol. The zero-order chi connectivity index (χ0) is 24.4. The van der Waals surface area contributed by atoms with Crippen molar-refractivity contribution >= 4 is 0 Å². The predicted molar refractivity (Wildman–Crippen MR) is 137 cm³/mol. The summed E-state index contributed by atoms with van der Waals surface area (Å²) >= 11 is 0. The fraction of sp³-hybridized carbons (Fsp3) is 0.655. The Morgan fingerprint density at radius 2 is 1.18 bits per heavy atom. The third-order valence-electron chi connectivity index (χ3n) is 6.32. The number of aryl methyl sites for hydroxylation is 1. The second kappa shape index (κ2) is 17.4. The van der Waals surface area contributed by atoms with Crippen LogP contribution in [0.4, 0.5) is 8.78 Å². The number of nitrogens with zero attached hydrogens (tertiary/aromatic N) is 2. The summed E-state index contributed by atoms with van der Waals surface area (Å²) in [5.74, 6) is -1.75. The summed E-state index contributed by atoms with van der Waals surface area (Å²) in [6, 6.07) is 2.99. The van der Waals surface area contributed by atoms with E-state index in [9.17, 15) is 8.78 Å². The van der Waals surface area contributed by atoms with Crippen molar-refractivity contribution in [1.82, 2.24) is 9.97 Å². The van der Waals surface area contributed by atoms with Crippen molar-refractivity contribution in [1.29, 1.82) is 0 Å². The van der Waals surface area contributed by atoms with Crippen LogP contribution in [0.15, 0.2) is 24.5 Å². The average Bonchev–Trinajstić information content (AvgIpc) is 2.85. The van der Waals surface area contributed by atoms with Gasteiger partial charge < -0.3 is 4.74 Å². The van der Waals surface area contributed by atoms with Gasteiger partial charge in [0.05, 0.1) is 12.2 Å². The number of halogens is 2. The van der Waals surface area contributed by atoms with Crippen molar-refractivity contribution in [3.05, 3.63) is 41.7 Å². The highest BCUT2D eigenvalue weighted by Crippen LogP contribution is 2.28. The summed E-state index contributed by atoms with van der Waals surface area (Å²) in [5.41, 5.74) is 1.10. The number of ether oxygens (including phenoxy) is 1. The molecule has 0 saturated heterocycles. The van der Waals surface area contributed by atoms with E-state index in [-0.39, 0.29) is 17.1 Å². The summed E-state index contributed by atoms with van der Waals surface area (Å²) in [7, 11) is 0. The molecular weight excluding hydrogens is 430 g/mol. The van der Waals surface area contributed by atoms with Crippen LogP contribution >= 0.6 is 0 Å². The Balaban J connectivity index is 1.75. The molecule has 0 bridgehead atoms. The van der Waals surface area contributed by atoms with Crippen LogP contribution in [0.3, 0.4) is 0 Å². The minimum atomic E-state index is -0.965. The van der Waals surface area contributed by atoms with E-state index < -0.39 is 11.6 Å². The first kappa shape index (κ1) is 28.2. The van der Waals surface area contributed by atoms with Crippen LogP contribution in [0.2, 0.25) is 0 Å². The van der Waals surface area contributed by atoms with Gasteiger partial charge in [0.25, 0.3) is 0 Å². The minimum absolute atomic E-state index is 0.0419. The molecule has 0 radical (unpaired) electrons. The van der Waals surface area contributed by atoms with Gasteiger partial charge in [0.15, 0.2) is 17.4 Å². The summed E-state index contributed by atoms with van der Waals surface area (Å²) < 4.78 is 34.7. The number of rotatable bonds is 19. The molecule has 1 aromatic carbocycles. The third-order valence-corrected chi connectivity index (χ3v) is 6.32. The van der Waals surface area contributed by atoms with Crippen LogP contribution in [0, 0.1) is 11.6 Å².